The number of rotatable bonds is 9. The summed E-state index contributed by atoms with van der Waals surface area (Å²) in [6.07, 6.45) is 5.79. The first-order valence-corrected chi connectivity index (χ1v) is 13.1. The molecule has 196 valence electrons. The number of benzene rings is 1. The largest absolute Gasteiger partial charge is 0.458 e. The standard InChI is InChI=1S/C27H34N6O4/c1-18-9-12-20(13-10-18)25(27(35)28-21-6-3-4-7-21)32(16-22-8-5-15-36-22)24(34)17-33-30-26(29-31-33)23-14-11-19(2)37-23/h9-14,21-22,25H,3-8,15-17H2,1-2H3,(H,28,35)/t22-,25-/m0/s1. The third kappa shape index (κ3) is 6.07. The minimum absolute atomic E-state index is 0.124. The van der Waals surface area contributed by atoms with E-state index >= 15 is 0 Å². The fourth-order valence-corrected chi connectivity index (χ4v) is 5.11. The number of hydrogen-bond acceptors (Lipinski definition) is 7. The lowest BCUT2D eigenvalue weighted by Crippen LogP contribution is -2.49. The molecule has 1 saturated carbocycles. The second-order valence-electron chi connectivity index (χ2n) is 10.0. The molecule has 1 aliphatic carbocycles. The molecule has 2 fully saturated rings. The Balaban J connectivity index is 1.42. The molecule has 0 radical (unpaired) electrons. The average Bonchev–Trinajstić information content (AvgIpc) is 3.69. The molecule has 37 heavy (non-hydrogen) atoms. The maximum absolute atomic E-state index is 13.8. The fourth-order valence-electron chi connectivity index (χ4n) is 5.11. The molecule has 2 aromatic heterocycles. The van der Waals surface area contributed by atoms with Gasteiger partial charge >= 0.3 is 0 Å². The number of amides is 2. The predicted molar refractivity (Wildman–Crippen MR) is 135 cm³/mol. The highest BCUT2D eigenvalue weighted by Gasteiger charge is 2.35. The molecule has 2 amide bonds. The van der Waals surface area contributed by atoms with Crippen molar-refractivity contribution < 1.29 is 18.7 Å². The highest BCUT2D eigenvalue weighted by Crippen LogP contribution is 2.27. The first kappa shape index (κ1) is 25.1. The molecule has 0 spiro atoms. The zero-order valence-electron chi connectivity index (χ0n) is 21.4. The summed E-state index contributed by atoms with van der Waals surface area (Å²) in [5.74, 6) is 1.09. The lowest BCUT2D eigenvalue weighted by molar-refractivity contribution is -0.143. The van der Waals surface area contributed by atoms with Gasteiger partial charge < -0.3 is 19.4 Å². The SMILES string of the molecule is Cc1ccc([C@@H](C(=O)NC2CCCC2)N(C[C@@H]2CCCO2)C(=O)Cn2nnc(-c3ccc(C)o3)n2)cc1. The van der Waals surface area contributed by atoms with Gasteiger partial charge in [0.2, 0.25) is 17.6 Å². The molecule has 10 nitrogen and oxygen atoms in total. The smallest absolute Gasteiger partial charge is 0.247 e. The Kier molecular flexibility index (Phi) is 7.64. The fraction of sp³-hybridized carbons (Fsp3) is 0.519. The van der Waals surface area contributed by atoms with Gasteiger partial charge in [0.15, 0.2) is 5.76 Å². The summed E-state index contributed by atoms with van der Waals surface area (Å²) >= 11 is 0. The van der Waals surface area contributed by atoms with Crippen LogP contribution in [0, 0.1) is 13.8 Å². The van der Waals surface area contributed by atoms with Crippen molar-refractivity contribution in [2.45, 2.75) is 77.1 Å². The van der Waals surface area contributed by atoms with Crippen LogP contribution < -0.4 is 5.32 Å². The first-order chi connectivity index (χ1) is 18.0. The monoisotopic (exact) mass is 506 g/mol. The van der Waals surface area contributed by atoms with E-state index in [1.807, 2.05) is 44.2 Å². The number of nitrogens with zero attached hydrogens (tertiary/aromatic N) is 5. The summed E-state index contributed by atoms with van der Waals surface area (Å²) in [6, 6.07) is 10.7. The molecule has 3 heterocycles. The average molecular weight is 507 g/mol. The summed E-state index contributed by atoms with van der Waals surface area (Å²) < 4.78 is 11.5. The summed E-state index contributed by atoms with van der Waals surface area (Å²) in [5.41, 5.74) is 1.86. The van der Waals surface area contributed by atoms with E-state index in [4.69, 9.17) is 9.15 Å². The number of hydrogen-bond donors (Lipinski definition) is 1. The van der Waals surface area contributed by atoms with E-state index in [-0.39, 0.29) is 30.5 Å². The van der Waals surface area contributed by atoms with Crippen molar-refractivity contribution in [3.63, 3.8) is 0 Å². The number of carbonyl (C=O) groups excluding carboxylic acids is 2. The molecule has 1 aromatic carbocycles. The van der Waals surface area contributed by atoms with Crippen LogP contribution in [0.3, 0.4) is 0 Å². The van der Waals surface area contributed by atoms with Crippen LogP contribution in [0.5, 0.6) is 0 Å². The number of furan rings is 1. The lowest BCUT2D eigenvalue weighted by atomic mass is 10.0. The quantitative estimate of drug-likeness (QED) is 0.473. The van der Waals surface area contributed by atoms with Crippen LogP contribution in [0.2, 0.25) is 0 Å². The highest BCUT2D eigenvalue weighted by molar-refractivity contribution is 5.89. The molecule has 1 saturated heterocycles. The third-order valence-electron chi connectivity index (χ3n) is 7.09. The second kappa shape index (κ2) is 11.2. The number of aromatic nitrogens is 4. The summed E-state index contributed by atoms with van der Waals surface area (Å²) in [4.78, 5) is 30.4. The van der Waals surface area contributed by atoms with Gasteiger partial charge in [0, 0.05) is 19.2 Å². The van der Waals surface area contributed by atoms with Gasteiger partial charge in [0.1, 0.15) is 18.3 Å². The molecular weight excluding hydrogens is 472 g/mol. The molecule has 1 aliphatic heterocycles. The zero-order valence-corrected chi connectivity index (χ0v) is 21.4. The van der Waals surface area contributed by atoms with Crippen LogP contribution in [-0.2, 0) is 20.9 Å². The third-order valence-corrected chi connectivity index (χ3v) is 7.09. The van der Waals surface area contributed by atoms with Crippen molar-refractivity contribution in [2.75, 3.05) is 13.2 Å². The van der Waals surface area contributed by atoms with E-state index in [0.717, 1.165) is 55.4 Å². The molecule has 10 heteroatoms. The van der Waals surface area contributed by atoms with Crippen LogP contribution in [0.1, 0.15) is 61.5 Å². The Labute approximate surface area is 216 Å². The predicted octanol–water partition coefficient (Wildman–Crippen LogP) is 3.36. The molecule has 1 N–H and O–H groups in total. The van der Waals surface area contributed by atoms with E-state index in [2.05, 4.69) is 20.7 Å². The van der Waals surface area contributed by atoms with Gasteiger partial charge in [-0.15, -0.1) is 10.2 Å². The van der Waals surface area contributed by atoms with E-state index in [9.17, 15) is 9.59 Å². The number of carbonyl (C=O) groups is 2. The Morgan fingerprint density at radius 2 is 1.86 bits per heavy atom. The molecule has 5 rings (SSSR count). The Morgan fingerprint density at radius 1 is 1.08 bits per heavy atom. The summed E-state index contributed by atoms with van der Waals surface area (Å²) in [6.45, 7) is 4.66. The zero-order chi connectivity index (χ0) is 25.8. The topological polar surface area (TPSA) is 115 Å². The second-order valence-corrected chi connectivity index (χ2v) is 10.0. The van der Waals surface area contributed by atoms with Gasteiger partial charge in [0.05, 0.1) is 6.10 Å². The van der Waals surface area contributed by atoms with Crippen LogP contribution in [0.25, 0.3) is 11.6 Å². The minimum Gasteiger partial charge on any atom is -0.458 e. The van der Waals surface area contributed by atoms with Crippen molar-refractivity contribution in [1.82, 2.24) is 30.4 Å². The maximum atomic E-state index is 13.8. The van der Waals surface area contributed by atoms with E-state index in [0.29, 0.717) is 24.7 Å². The van der Waals surface area contributed by atoms with Crippen LogP contribution in [0.4, 0.5) is 0 Å². The number of tetrazole rings is 1. The van der Waals surface area contributed by atoms with Crippen LogP contribution >= 0.6 is 0 Å². The minimum atomic E-state index is -0.784. The van der Waals surface area contributed by atoms with Crippen molar-refractivity contribution in [2.24, 2.45) is 0 Å². The number of aryl methyl sites for hydroxylation is 2. The van der Waals surface area contributed by atoms with Crippen molar-refractivity contribution in [3.8, 4) is 11.6 Å². The summed E-state index contributed by atoms with van der Waals surface area (Å²) in [5, 5.41) is 15.7. The van der Waals surface area contributed by atoms with Gasteiger partial charge in [-0.2, -0.15) is 4.80 Å². The molecule has 0 bridgehead atoms. The molecule has 3 aromatic rings. The Morgan fingerprint density at radius 3 is 2.54 bits per heavy atom. The van der Waals surface area contributed by atoms with Gasteiger partial charge in [0.25, 0.3) is 0 Å². The normalized spacial score (nSPS) is 18.7. The Bertz CT molecular complexity index is 1210. The maximum Gasteiger partial charge on any atom is 0.247 e. The molecule has 2 aliphatic rings. The van der Waals surface area contributed by atoms with Gasteiger partial charge in [-0.3, -0.25) is 9.59 Å². The van der Waals surface area contributed by atoms with E-state index in [1.165, 1.54) is 4.80 Å². The lowest BCUT2D eigenvalue weighted by Gasteiger charge is -2.33. The van der Waals surface area contributed by atoms with Gasteiger partial charge in [-0.1, -0.05) is 42.7 Å². The summed E-state index contributed by atoms with van der Waals surface area (Å²) in [7, 11) is 0. The van der Waals surface area contributed by atoms with E-state index < -0.39 is 6.04 Å². The molecule has 0 unspecified atom stereocenters. The number of ether oxygens (including phenoxy) is 1. The van der Waals surface area contributed by atoms with Gasteiger partial charge in [-0.25, -0.2) is 0 Å². The Hall–Kier alpha value is -3.53. The van der Waals surface area contributed by atoms with Crippen LogP contribution in [-0.4, -0.2) is 62.2 Å². The molecular formula is C27H34N6O4. The molecule has 2 atom stereocenters. The number of nitrogens with one attached hydrogen (secondary N) is 1. The van der Waals surface area contributed by atoms with Crippen molar-refractivity contribution in [3.05, 3.63) is 53.3 Å². The van der Waals surface area contributed by atoms with E-state index in [1.54, 1.807) is 11.0 Å². The van der Waals surface area contributed by atoms with Gasteiger partial charge in [-0.05, 0) is 62.4 Å². The van der Waals surface area contributed by atoms with Crippen molar-refractivity contribution >= 4 is 11.8 Å². The van der Waals surface area contributed by atoms with Crippen molar-refractivity contribution in [1.29, 1.82) is 0 Å². The van der Waals surface area contributed by atoms with Crippen LogP contribution in [0.15, 0.2) is 40.8 Å². The highest BCUT2D eigenvalue weighted by atomic mass is 16.5. The first-order valence-electron chi connectivity index (χ1n) is 13.1.